The molecule has 0 radical (unpaired) electrons. The second-order valence-corrected chi connectivity index (χ2v) is 6.40. The van der Waals surface area contributed by atoms with Crippen molar-refractivity contribution in [1.29, 1.82) is 0 Å². The number of hydrogen-bond donors (Lipinski definition) is 1. The molecule has 1 fully saturated rings. The Morgan fingerprint density at radius 3 is 2.84 bits per heavy atom. The first kappa shape index (κ1) is 14.6. The zero-order valence-corrected chi connectivity index (χ0v) is 12.6. The van der Waals surface area contributed by atoms with Crippen LogP contribution in [0, 0.1) is 11.8 Å². The molecular formula is C16H29N3. The molecule has 3 heteroatoms. The van der Waals surface area contributed by atoms with E-state index in [1.54, 1.807) is 0 Å². The molecule has 1 aliphatic carbocycles. The van der Waals surface area contributed by atoms with E-state index in [9.17, 15) is 0 Å². The normalized spacial score (nSPS) is 17.2. The van der Waals surface area contributed by atoms with Crippen LogP contribution in [0.5, 0.6) is 0 Å². The van der Waals surface area contributed by atoms with Gasteiger partial charge in [-0.05, 0) is 24.8 Å². The van der Waals surface area contributed by atoms with E-state index in [0.29, 0.717) is 5.92 Å². The highest BCUT2D eigenvalue weighted by atomic mass is 15.1. The Labute approximate surface area is 117 Å². The minimum absolute atomic E-state index is 0.707. The van der Waals surface area contributed by atoms with Crippen LogP contribution in [0.1, 0.15) is 58.1 Å². The Bertz CT molecular complexity index is 351. The van der Waals surface area contributed by atoms with Gasteiger partial charge in [0, 0.05) is 19.3 Å². The Kier molecular flexibility index (Phi) is 5.90. The van der Waals surface area contributed by atoms with Gasteiger partial charge < -0.3 is 9.88 Å². The quantitative estimate of drug-likeness (QED) is 0.814. The molecule has 19 heavy (non-hydrogen) atoms. The van der Waals surface area contributed by atoms with Crippen molar-refractivity contribution in [2.75, 3.05) is 6.54 Å². The lowest BCUT2D eigenvalue weighted by atomic mass is 9.87. The van der Waals surface area contributed by atoms with Crippen molar-refractivity contribution >= 4 is 0 Å². The van der Waals surface area contributed by atoms with E-state index in [0.717, 1.165) is 25.6 Å². The van der Waals surface area contributed by atoms with E-state index < -0.39 is 0 Å². The number of imidazole rings is 1. The van der Waals surface area contributed by atoms with Gasteiger partial charge in [-0.1, -0.05) is 46.0 Å². The van der Waals surface area contributed by atoms with Crippen molar-refractivity contribution in [2.45, 2.75) is 65.5 Å². The summed E-state index contributed by atoms with van der Waals surface area (Å²) in [4.78, 5) is 4.31. The van der Waals surface area contributed by atoms with Gasteiger partial charge in [-0.3, -0.25) is 0 Å². The molecule has 0 aromatic carbocycles. The van der Waals surface area contributed by atoms with E-state index in [1.807, 2.05) is 12.5 Å². The molecular weight excluding hydrogens is 234 g/mol. The molecule has 2 rings (SSSR count). The molecule has 1 aromatic heterocycles. The number of aryl methyl sites for hydroxylation is 1. The third-order valence-corrected chi connectivity index (χ3v) is 4.16. The topological polar surface area (TPSA) is 29.9 Å². The van der Waals surface area contributed by atoms with Crippen LogP contribution in [0.3, 0.4) is 0 Å². The van der Waals surface area contributed by atoms with Crippen molar-refractivity contribution in [3.05, 3.63) is 18.2 Å². The molecule has 3 nitrogen and oxygen atoms in total. The summed E-state index contributed by atoms with van der Waals surface area (Å²) in [6.45, 7) is 7.65. The average Bonchev–Trinajstić information content (AvgIpc) is 2.85. The lowest BCUT2D eigenvalue weighted by molar-refractivity contribution is 0.322. The van der Waals surface area contributed by atoms with Crippen molar-refractivity contribution in [1.82, 2.24) is 14.9 Å². The number of nitrogens with one attached hydrogen (secondary N) is 1. The van der Waals surface area contributed by atoms with Crippen LogP contribution in [-0.4, -0.2) is 16.1 Å². The Balaban J connectivity index is 1.75. The zero-order valence-electron chi connectivity index (χ0n) is 12.6. The van der Waals surface area contributed by atoms with Crippen LogP contribution in [-0.2, 0) is 13.1 Å². The highest BCUT2D eigenvalue weighted by Gasteiger charge is 2.13. The van der Waals surface area contributed by atoms with Crippen molar-refractivity contribution in [3.63, 3.8) is 0 Å². The highest BCUT2D eigenvalue weighted by Crippen LogP contribution is 2.26. The monoisotopic (exact) mass is 263 g/mol. The first-order valence-corrected chi connectivity index (χ1v) is 7.95. The van der Waals surface area contributed by atoms with Crippen LogP contribution in [0.25, 0.3) is 0 Å². The van der Waals surface area contributed by atoms with Gasteiger partial charge in [0.2, 0.25) is 0 Å². The summed E-state index contributed by atoms with van der Waals surface area (Å²) in [6, 6.07) is 0. The molecule has 1 saturated carbocycles. The lowest BCUT2D eigenvalue weighted by Gasteiger charge is -2.22. The van der Waals surface area contributed by atoms with Crippen LogP contribution < -0.4 is 5.32 Å². The van der Waals surface area contributed by atoms with E-state index in [2.05, 4.69) is 28.7 Å². The van der Waals surface area contributed by atoms with Gasteiger partial charge in [-0.25, -0.2) is 4.98 Å². The first-order chi connectivity index (χ1) is 9.25. The molecule has 0 aliphatic heterocycles. The minimum Gasteiger partial charge on any atom is -0.333 e. The van der Waals surface area contributed by atoms with E-state index in [4.69, 9.17) is 0 Å². The van der Waals surface area contributed by atoms with Gasteiger partial charge in [-0.2, -0.15) is 0 Å². The molecule has 108 valence electrons. The van der Waals surface area contributed by atoms with Crippen LogP contribution in [0.4, 0.5) is 0 Å². The SMILES string of the molecule is CC(C)CNCc1cncn1CCC1CCCCC1. The van der Waals surface area contributed by atoms with Gasteiger partial charge in [0.1, 0.15) is 0 Å². The Hall–Kier alpha value is -0.830. The van der Waals surface area contributed by atoms with Gasteiger partial charge in [-0.15, -0.1) is 0 Å². The van der Waals surface area contributed by atoms with Crippen LogP contribution in [0.15, 0.2) is 12.5 Å². The Morgan fingerprint density at radius 1 is 1.32 bits per heavy atom. The summed E-state index contributed by atoms with van der Waals surface area (Å²) in [5, 5.41) is 3.50. The standard InChI is InChI=1S/C16H29N3/c1-14(2)10-17-11-16-12-18-13-19(16)9-8-15-6-4-3-5-7-15/h12-15,17H,3-11H2,1-2H3. The smallest absolute Gasteiger partial charge is 0.0948 e. The molecule has 1 N–H and O–H groups in total. The van der Waals surface area contributed by atoms with Crippen molar-refractivity contribution < 1.29 is 0 Å². The second-order valence-electron chi connectivity index (χ2n) is 6.40. The summed E-state index contributed by atoms with van der Waals surface area (Å²) in [7, 11) is 0. The van der Waals surface area contributed by atoms with Gasteiger partial charge >= 0.3 is 0 Å². The molecule has 1 heterocycles. The number of nitrogens with zero attached hydrogens (tertiary/aromatic N) is 2. The molecule has 1 aromatic rings. The fraction of sp³-hybridized carbons (Fsp3) is 0.812. The maximum absolute atomic E-state index is 4.31. The summed E-state index contributed by atoms with van der Waals surface area (Å²) < 4.78 is 2.34. The van der Waals surface area contributed by atoms with Gasteiger partial charge in [0.05, 0.1) is 12.0 Å². The molecule has 0 unspecified atom stereocenters. The summed E-state index contributed by atoms with van der Waals surface area (Å²) in [5.74, 6) is 1.66. The zero-order chi connectivity index (χ0) is 13.5. The molecule has 0 spiro atoms. The predicted molar refractivity (Wildman–Crippen MR) is 80.0 cm³/mol. The maximum atomic E-state index is 4.31. The van der Waals surface area contributed by atoms with Gasteiger partial charge in [0.25, 0.3) is 0 Å². The summed E-state index contributed by atoms with van der Waals surface area (Å²) in [5.41, 5.74) is 1.33. The molecule has 0 saturated heterocycles. The average molecular weight is 263 g/mol. The fourth-order valence-electron chi connectivity index (χ4n) is 2.98. The number of aromatic nitrogens is 2. The van der Waals surface area contributed by atoms with Crippen LogP contribution >= 0.6 is 0 Å². The second kappa shape index (κ2) is 7.68. The maximum Gasteiger partial charge on any atom is 0.0948 e. The van der Waals surface area contributed by atoms with Gasteiger partial charge in [0.15, 0.2) is 0 Å². The van der Waals surface area contributed by atoms with E-state index >= 15 is 0 Å². The predicted octanol–water partition coefficient (Wildman–Crippen LogP) is 3.60. The summed E-state index contributed by atoms with van der Waals surface area (Å²) in [6.07, 6.45) is 12.5. The summed E-state index contributed by atoms with van der Waals surface area (Å²) >= 11 is 0. The third-order valence-electron chi connectivity index (χ3n) is 4.16. The molecule has 0 amide bonds. The first-order valence-electron chi connectivity index (χ1n) is 7.95. The van der Waals surface area contributed by atoms with E-state index in [-0.39, 0.29) is 0 Å². The highest BCUT2D eigenvalue weighted by molar-refractivity contribution is 4.98. The van der Waals surface area contributed by atoms with Crippen molar-refractivity contribution in [3.8, 4) is 0 Å². The Morgan fingerprint density at radius 2 is 2.11 bits per heavy atom. The molecule has 0 atom stereocenters. The van der Waals surface area contributed by atoms with Crippen molar-refractivity contribution in [2.24, 2.45) is 11.8 Å². The largest absolute Gasteiger partial charge is 0.333 e. The number of hydrogen-bond acceptors (Lipinski definition) is 2. The third kappa shape index (κ3) is 4.98. The van der Waals surface area contributed by atoms with E-state index in [1.165, 1.54) is 44.2 Å². The minimum atomic E-state index is 0.707. The number of rotatable bonds is 7. The fourth-order valence-corrected chi connectivity index (χ4v) is 2.98. The molecule has 1 aliphatic rings. The van der Waals surface area contributed by atoms with Crippen LogP contribution in [0.2, 0.25) is 0 Å². The lowest BCUT2D eigenvalue weighted by Crippen LogP contribution is -2.21. The molecule has 0 bridgehead atoms.